The number of hydrogen-bond acceptors (Lipinski definition) is 3. The lowest BCUT2D eigenvalue weighted by Crippen LogP contribution is -2.38. The molecule has 0 saturated heterocycles. The van der Waals surface area contributed by atoms with Crippen LogP contribution in [0.5, 0.6) is 0 Å². The second-order valence-corrected chi connectivity index (χ2v) is 6.41. The van der Waals surface area contributed by atoms with Gasteiger partial charge >= 0.3 is 0 Å². The summed E-state index contributed by atoms with van der Waals surface area (Å²) in [5.74, 6) is 0.253. The van der Waals surface area contributed by atoms with Crippen LogP contribution >= 0.6 is 24.0 Å². The first-order valence-electron chi connectivity index (χ1n) is 9.49. The number of guanidine groups is 1. The normalized spacial score (nSPS) is 10.8. The molecule has 0 atom stereocenters. The predicted octanol–water partition coefficient (Wildman–Crippen LogP) is 3.80. The third-order valence-electron chi connectivity index (χ3n) is 4.34. The van der Waals surface area contributed by atoms with Crippen molar-refractivity contribution in [1.82, 2.24) is 20.4 Å². The van der Waals surface area contributed by atoms with Gasteiger partial charge in [0.2, 0.25) is 0 Å². The van der Waals surface area contributed by atoms with Gasteiger partial charge in [0.15, 0.2) is 5.96 Å². The Bertz CT molecular complexity index is 993. The zero-order valence-electron chi connectivity index (χ0n) is 16.7. The fraction of sp³-hybridized carbons (Fsp3) is 0.227. The smallest absolute Gasteiger partial charge is 0.191 e. The van der Waals surface area contributed by atoms with Gasteiger partial charge in [-0.25, -0.2) is 14.1 Å². The van der Waals surface area contributed by atoms with E-state index in [0.29, 0.717) is 30.2 Å². The standard InChI is InChI=1S/C22H23FN6.HI/c1-2-25-22(27-16-19-14-18(15-24)6-9-21(19)23)26-12-10-17-4-7-20(8-5-17)29-13-3-11-28-29;/h3-9,11,13-14H,2,10,12,16H2,1H3,(H2,25,26,27);1H. The molecule has 8 heteroatoms. The number of benzene rings is 2. The second-order valence-electron chi connectivity index (χ2n) is 6.41. The zero-order valence-corrected chi connectivity index (χ0v) is 19.0. The first kappa shape index (κ1) is 23.3. The summed E-state index contributed by atoms with van der Waals surface area (Å²) in [7, 11) is 0. The lowest BCUT2D eigenvalue weighted by atomic mass is 10.1. The van der Waals surface area contributed by atoms with Gasteiger partial charge in [-0.1, -0.05) is 12.1 Å². The van der Waals surface area contributed by atoms with E-state index in [1.54, 1.807) is 6.20 Å². The lowest BCUT2D eigenvalue weighted by Gasteiger charge is -2.12. The molecule has 1 aromatic heterocycles. The molecular weight excluding hydrogens is 494 g/mol. The lowest BCUT2D eigenvalue weighted by molar-refractivity contribution is 0.610. The van der Waals surface area contributed by atoms with E-state index in [9.17, 15) is 4.39 Å². The van der Waals surface area contributed by atoms with Crippen molar-refractivity contribution in [3.63, 3.8) is 0 Å². The van der Waals surface area contributed by atoms with Crippen molar-refractivity contribution in [3.8, 4) is 11.8 Å². The summed E-state index contributed by atoms with van der Waals surface area (Å²) in [6.45, 7) is 3.52. The van der Waals surface area contributed by atoms with Gasteiger partial charge in [-0.15, -0.1) is 24.0 Å². The van der Waals surface area contributed by atoms with Crippen LogP contribution in [0.2, 0.25) is 0 Å². The SMILES string of the molecule is CCNC(=NCc1cc(C#N)ccc1F)NCCc1ccc(-n2cccn2)cc1.I. The summed E-state index contributed by atoms with van der Waals surface area (Å²) >= 11 is 0. The van der Waals surface area contributed by atoms with Crippen molar-refractivity contribution in [1.29, 1.82) is 5.26 Å². The maximum Gasteiger partial charge on any atom is 0.191 e. The van der Waals surface area contributed by atoms with E-state index < -0.39 is 0 Å². The Balaban J connectivity index is 0.00000320. The van der Waals surface area contributed by atoms with E-state index in [2.05, 4.69) is 32.9 Å². The average molecular weight is 518 g/mol. The van der Waals surface area contributed by atoms with Gasteiger partial charge in [-0.3, -0.25) is 0 Å². The van der Waals surface area contributed by atoms with E-state index in [0.717, 1.165) is 12.1 Å². The van der Waals surface area contributed by atoms with Crippen LogP contribution in [0.3, 0.4) is 0 Å². The number of rotatable bonds is 7. The van der Waals surface area contributed by atoms with Crippen molar-refractivity contribution in [2.45, 2.75) is 19.9 Å². The Hall–Kier alpha value is -2.93. The fourth-order valence-corrected chi connectivity index (χ4v) is 2.83. The third kappa shape index (κ3) is 6.56. The molecule has 0 amide bonds. The molecular formula is C22H24FIN6. The highest BCUT2D eigenvalue weighted by Gasteiger charge is 2.05. The molecule has 0 spiro atoms. The Kier molecular flexibility index (Phi) is 9.28. The first-order valence-corrected chi connectivity index (χ1v) is 9.49. The minimum atomic E-state index is -0.360. The third-order valence-corrected chi connectivity index (χ3v) is 4.34. The number of aliphatic imine (C=N–C) groups is 1. The summed E-state index contributed by atoms with van der Waals surface area (Å²) in [6, 6.07) is 16.4. The molecule has 2 N–H and O–H groups in total. The van der Waals surface area contributed by atoms with Crippen molar-refractivity contribution in [2.75, 3.05) is 13.1 Å². The predicted molar refractivity (Wildman–Crippen MR) is 127 cm³/mol. The molecule has 0 bridgehead atoms. The number of nitriles is 1. The topological polar surface area (TPSA) is 78.0 Å². The van der Waals surface area contributed by atoms with E-state index in [-0.39, 0.29) is 36.3 Å². The van der Waals surface area contributed by atoms with Gasteiger partial charge in [0, 0.05) is 31.0 Å². The number of nitrogens with one attached hydrogen (secondary N) is 2. The van der Waals surface area contributed by atoms with E-state index in [1.807, 2.05) is 42.1 Å². The maximum atomic E-state index is 13.9. The van der Waals surface area contributed by atoms with Gasteiger partial charge in [-0.05, 0) is 55.3 Å². The van der Waals surface area contributed by atoms with Crippen molar-refractivity contribution >= 4 is 29.9 Å². The van der Waals surface area contributed by atoms with Crippen LogP contribution in [-0.4, -0.2) is 28.8 Å². The Labute approximate surface area is 192 Å². The molecule has 30 heavy (non-hydrogen) atoms. The van der Waals surface area contributed by atoms with Crippen LogP contribution in [0, 0.1) is 17.1 Å². The summed E-state index contributed by atoms with van der Waals surface area (Å²) in [6.07, 6.45) is 4.48. The number of nitrogens with zero attached hydrogens (tertiary/aromatic N) is 4. The molecule has 0 saturated carbocycles. The molecule has 2 aromatic carbocycles. The second kappa shape index (κ2) is 11.9. The van der Waals surface area contributed by atoms with E-state index in [4.69, 9.17) is 5.26 Å². The molecule has 0 fully saturated rings. The minimum absolute atomic E-state index is 0. The van der Waals surface area contributed by atoms with Gasteiger partial charge in [0.25, 0.3) is 0 Å². The molecule has 0 aliphatic carbocycles. The molecule has 3 aromatic rings. The van der Waals surface area contributed by atoms with Crippen molar-refractivity contribution in [2.24, 2.45) is 4.99 Å². The van der Waals surface area contributed by atoms with Crippen molar-refractivity contribution in [3.05, 3.63) is 83.4 Å². The summed E-state index contributed by atoms with van der Waals surface area (Å²) in [4.78, 5) is 4.43. The van der Waals surface area contributed by atoms with Crippen LogP contribution < -0.4 is 10.6 Å². The highest BCUT2D eigenvalue weighted by molar-refractivity contribution is 14.0. The van der Waals surface area contributed by atoms with Gasteiger partial charge in [0.1, 0.15) is 5.82 Å². The summed E-state index contributed by atoms with van der Waals surface area (Å²) < 4.78 is 15.7. The van der Waals surface area contributed by atoms with Crippen LogP contribution in [0.25, 0.3) is 5.69 Å². The maximum absolute atomic E-state index is 13.9. The monoisotopic (exact) mass is 518 g/mol. The molecule has 0 radical (unpaired) electrons. The highest BCUT2D eigenvalue weighted by Crippen LogP contribution is 2.11. The Morgan fingerprint density at radius 1 is 1.20 bits per heavy atom. The quantitative estimate of drug-likeness (QED) is 0.284. The number of aromatic nitrogens is 2. The molecule has 0 aliphatic heterocycles. The molecule has 6 nitrogen and oxygen atoms in total. The average Bonchev–Trinajstić information content (AvgIpc) is 3.28. The molecule has 0 unspecified atom stereocenters. The molecule has 1 heterocycles. The summed E-state index contributed by atoms with van der Waals surface area (Å²) in [5, 5.41) is 19.6. The fourth-order valence-electron chi connectivity index (χ4n) is 2.83. The van der Waals surface area contributed by atoms with Gasteiger partial charge in [-0.2, -0.15) is 10.4 Å². The Morgan fingerprint density at radius 3 is 2.67 bits per heavy atom. The van der Waals surface area contributed by atoms with Crippen LogP contribution in [0.15, 0.2) is 65.9 Å². The summed E-state index contributed by atoms with van der Waals surface area (Å²) in [5.41, 5.74) is 3.03. The minimum Gasteiger partial charge on any atom is -0.357 e. The van der Waals surface area contributed by atoms with Crippen LogP contribution in [-0.2, 0) is 13.0 Å². The largest absolute Gasteiger partial charge is 0.357 e. The van der Waals surface area contributed by atoms with E-state index in [1.165, 1.54) is 23.8 Å². The van der Waals surface area contributed by atoms with Gasteiger partial charge < -0.3 is 10.6 Å². The Morgan fingerprint density at radius 2 is 2.00 bits per heavy atom. The van der Waals surface area contributed by atoms with Crippen LogP contribution in [0.1, 0.15) is 23.6 Å². The highest BCUT2D eigenvalue weighted by atomic mass is 127. The van der Waals surface area contributed by atoms with Crippen LogP contribution in [0.4, 0.5) is 4.39 Å². The molecule has 0 aliphatic rings. The van der Waals surface area contributed by atoms with Crippen molar-refractivity contribution < 1.29 is 4.39 Å². The molecule has 156 valence electrons. The van der Waals surface area contributed by atoms with E-state index >= 15 is 0 Å². The number of hydrogen-bond donors (Lipinski definition) is 2. The molecule has 3 rings (SSSR count). The zero-order chi connectivity index (χ0) is 20.5. The van der Waals surface area contributed by atoms with Gasteiger partial charge in [0.05, 0.1) is 23.9 Å². The number of halogens is 2. The first-order chi connectivity index (χ1) is 14.2.